The quantitative estimate of drug-likeness (QED) is 0.632. The second-order valence-electron chi connectivity index (χ2n) is 6.66. The van der Waals surface area contributed by atoms with Crippen molar-refractivity contribution in [3.05, 3.63) is 47.0 Å². The summed E-state index contributed by atoms with van der Waals surface area (Å²) in [4.78, 5) is 0. The van der Waals surface area contributed by atoms with Gasteiger partial charge in [-0.3, -0.25) is 0 Å². The van der Waals surface area contributed by atoms with Crippen molar-refractivity contribution in [1.29, 1.82) is 5.41 Å². The number of aryl methyl sites for hydroxylation is 2. The Morgan fingerprint density at radius 1 is 1.08 bits per heavy atom. The van der Waals surface area contributed by atoms with Gasteiger partial charge in [0.05, 0.1) is 0 Å². The summed E-state index contributed by atoms with van der Waals surface area (Å²) in [7, 11) is 0. The second-order valence-corrected chi connectivity index (χ2v) is 6.66. The van der Waals surface area contributed by atoms with E-state index in [-0.39, 0.29) is 0 Å². The molecule has 0 atom stereocenters. The zero-order chi connectivity index (χ0) is 17.7. The SMILES string of the molecule is Cc1ccc2c(oc3c(CC(C)C)cccc32)c1C.N=CCCN. The first-order valence-corrected chi connectivity index (χ1v) is 8.58. The Bertz CT molecular complexity index is 831. The van der Waals surface area contributed by atoms with E-state index in [4.69, 9.17) is 15.6 Å². The molecule has 0 saturated carbocycles. The number of fused-ring (bicyclic) bond motifs is 3. The summed E-state index contributed by atoms with van der Waals surface area (Å²) in [5.74, 6) is 0.640. The minimum atomic E-state index is 0.601. The number of benzene rings is 2. The lowest BCUT2D eigenvalue weighted by Crippen LogP contribution is -1.97. The van der Waals surface area contributed by atoms with Gasteiger partial charge >= 0.3 is 0 Å². The molecule has 0 spiro atoms. The highest BCUT2D eigenvalue weighted by Gasteiger charge is 2.13. The van der Waals surface area contributed by atoms with Crippen LogP contribution in [-0.2, 0) is 6.42 Å². The molecule has 0 bridgehead atoms. The standard InChI is InChI=1S/C18H20O.C3H8N2/c1-11(2)10-14-6-5-7-15-16-9-8-12(3)13(4)17(16)19-18(14)15;4-2-1-3-5/h5-9,11H,10H2,1-4H3;2,4H,1,3,5H2. The van der Waals surface area contributed by atoms with E-state index in [0.29, 0.717) is 18.9 Å². The fraction of sp³-hybridized carbons (Fsp3) is 0.381. The first-order valence-electron chi connectivity index (χ1n) is 8.58. The molecule has 0 aliphatic heterocycles. The smallest absolute Gasteiger partial charge is 0.138 e. The van der Waals surface area contributed by atoms with Gasteiger partial charge in [-0.05, 0) is 62.1 Å². The predicted molar refractivity (Wildman–Crippen MR) is 104 cm³/mol. The molecule has 0 unspecified atom stereocenters. The van der Waals surface area contributed by atoms with E-state index in [2.05, 4.69) is 58.0 Å². The first kappa shape index (κ1) is 18.2. The lowest BCUT2D eigenvalue weighted by Gasteiger charge is -2.04. The van der Waals surface area contributed by atoms with Crippen LogP contribution in [0.3, 0.4) is 0 Å². The van der Waals surface area contributed by atoms with Crippen LogP contribution in [0.15, 0.2) is 34.7 Å². The van der Waals surface area contributed by atoms with Crippen molar-refractivity contribution in [2.24, 2.45) is 11.7 Å². The Kier molecular flexibility index (Phi) is 6.16. The van der Waals surface area contributed by atoms with E-state index >= 15 is 0 Å². The average molecular weight is 324 g/mol. The maximum Gasteiger partial charge on any atom is 0.138 e. The van der Waals surface area contributed by atoms with Crippen molar-refractivity contribution in [3.8, 4) is 0 Å². The lowest BCUT2D eigenvalue weighted by atomic mass is 10.00. The molecule has 0 amide bonds. The Balaban J connectivity index is 0.000000368. The number of nitrogens with two attached hydrogens (primary N) is 1. The monoisotopic (exact) mass is 324 g/mol. The molecule has 2 aromatic carbocycles. The van der Waals surface area contributed by atoms with Gasteiger partial charge < -0.3 is 15.6 Å². The number of rotatable bonds is 4. The maximum atomic E-state index is 6.40. The van der Waals surface area contributed by atoms with E-state index in [0.717, 1.165) is 17.6 Å². The van der Waals surface area contributed by atoms with Crippen LogP contribution in [0.25, 0.3) is 21.9 Å². The van der Waals surface area contributed by atoms with Crippen molar-refractivity contribution in [2.45, 2.75) is 40.5 Å². The number of furan rings is 1. The first-order chi connectivity index (χ1) is 11.5. The summed E-state index contributed by atoms with van der Waals surface area (Å²) in [5.41, 5.74) is 11.0. The number of hydrogen-bond acceptors (Lipinski definition) is 3. The molecule has 3 rings (SSSR count). The molecule has 3 nitrogen and oxygen atoms in total. The molecule has 3 heteroatoms. The Hall–Kier alpha value is -2.13. The van der Waals surface area contributed by atoms with E-state index in [1.807, 2.05) is 0 Å². The summed E-state index contributed by atoms with van der Waals surface area (Å²) < 4.78 is 6.20. The highest BCUT2D eigenvalue weighted by molar-refractivity contribution is 6.07. The third kappa shape index (κ3) is 3.85. The second kappa shape index (κ2) is 8.11. The highest BCUT2D eigenvalue weighted by atomic mass is 16.3. The maximum absolute atomic E-state index is 6.40. The molecule has 24 heavy (non-hydrogen) atoms. The third-order valence-corrected chi connectivity index (χ3v) is 4.21. The van der Waals surface area contributed by atoms with Crippen LogP contribution >= 0.6 is 0 Å². The van der Waals surface area contributed by atoms with Gasteiger partial charge in [0.25, 0.3) is 0 Å². The molecule has 0 aliphatic carbocycles. The van der Waals surface area contributed by atoms with Crippen molar-refractivity contribution in [2.75, 3.05) is 6.54 Å². The minimum Gasteiger partial charge on any atom is -0.455 e. The molecule has 0 fully saturated rings. The van der Waals surface area contributed by atoms with Crippen molar-refractivity contribution in [3.63, 3.8) is 0 Å². The molecule has 0 aliphatic rings. The number of hydrogen-bond donors (Lipinski definition) is 2. The molecule has 1 heterocycles. The van der Waals surface area contributed by atoms with Gasteiger partial charge in [-0.1, -0.05) is 44.2 Å². The minimum absolute atomic E-state index is 0.601. The Morgan fingerprint density at radius 3 is 2.38 bits per heavy atom. The van der Waals surface area contributed by atoms with Gasteiger partial charge in [0.15, 0.2) is 0 Å². The topological polar surface area (TPSA) is 63.0 Å². The normalized spacial score (nSPS) is 10.9. The molecular formula is C21H28N2O. The van der Waals surface area contributed by atoms with Gasteiger partial charge in [-0.2, -0.15) is 0 Å². The van der Waals surface area contributed by atoms with Crippen molar-refractivity contribution >= 4 is 28.2 Å². The zero-order valence-electron chi connectivity index (χ0n) is 15.1. The lowest BCUT2D eigenvalue weighted by molar-refractivity contribution is 0.622. The van der Waals surface area contributed by atoms with Crippen LogP contribution in [0, 0.1) is 25.2 Å². The molecule has 3 aromatic rings. The van der Waals surface area contributed by atoms with E-state index in [1.54, 1.807) is 0 Å². The molecule has 1 aromatic heterocycles. The van der Waals surface area contributed by atoms with Gasteiger partial charge in [-0.15, -0.1) is 0 Å². The molecule has 3 N–H and O–H groups in total. The van der Waals surface area contributed by atoms with Gasteiger partial charge in [0.2, 0.25) is 0 Å². The van der Waals surface area contributed by atoms with E-state index in [9.17, 15) is 0 Å². The summed E-state index contributed by atoms with van der Waals surface area (Å²) in [6.07, 6.45) is 3.08. The van der Waals surface area contributed by atoms with Crippen LogP contribution in [0.4, 0.5) is 0 Å². The van der Waals surface area contributed by atoms with Crippen LogP contribution < -0.4 is 5.73 Å². The molecule has 0 radical (unpaired) electrons. The fourth-order valence-electron chi connectivity index (χ4n) is 2.84. The van der Waals surface area contributed by atoms with E-state index < -0.39 is 0 Å². The molecule has 0 saturated heterocycles. The van der Waals surface area contributed by atoms with Gasteiger partial charge in [-0.25, -0.2) is 0 Å². The molecular weight excluding hydrogens is 296 g/mol. The van der Waals surface area contributed by atoms with Gasteiger partial charge in [0, 0.05) is 10.8 Å². The predicted octanol–water partition coefficient (Wildman–Crippen LogP) is 5.39. The Labute approximate surface area is 144 Å². The van der Waals surface area contributed by atoms with Crippen LogP contribution in [0.5, 0.6) is 0 Å². The summed E-state index contributed by atoms with van der Waals surface area (Å²) in [6, 6.07) is 10.9. The summed E-state index contributed by atoms with van der Waals surface area (Å²) >= 11 is 0. The summed E-state index contributed by atoms with van der Waals surface area (Å²) in [6.45, 7) is 9.37. The summed E-state index contributed by atoms with van der Waals surface area (Å²) in [5, 5.41) is 8.88. The van der Waals surface area contributed by atoms with Crippen LogP contribution in [0.2, 0.25) is 0 Å². The van der Waals surface area contributed by atoms with Crippen molar-refractivity contribution < 1.29 is 4.42 Å². The largest absolute Gasteiger partial charge is 0.455 e. The third-order valence-electron chi connectivity index (χ3n) is 4.21. The van der Waals surface area contributed by atoms with Crippen molar-refractivity contribution in [1.82, 2.24) is 0 Å². The average Bonchev–Trinajstić information content (AvgIpc) is 2.92. The number of para-hydroxylation sites is 1. The number of nitrogens with one attached hydrogen (secondary N) is 1. The van der Waals surface area contributed by atoms with Crippen LogP contribution in [0.1, 0.15) is 37.0 Å². The van der Waals surface area contributed by atoms with E-state index in [1.165, 1.54) is 33.7 Å². The molecule has 128 valence electrons. The Morgan fingerprint density at radius 2 is 1.79 bits per heavy atom. The van der Waals surface area contributed by atoms with Gasteiger partial charge in [0.1, 0.15) is 11.2 Å². The fourth-order valence-corrected chi connectivity index (χ4v) is 2.84. The highest BCUT2D eigenvalue weighted by Crippen LogP contribution is 2.34. The zero-order valence-corrected chi connectivity index (χ0v) is 15.1. The van der Waals surface area contributed by atoms with Crippen LogP contribution in [-0.4, -0.2) is 12.8 Å².